The number of nitrogens with zero attached hydrogens (tertiary/aromatic N) is 2. The topological polar surface area (TPSA) is 65.2 Å². The molecule has 0 bridgehead atoms. The Hall–Kier alpha value is -2.01. The number of benzene rings is 1. The van der Waals surface area contributed by atoms with Gasteiger partial charge in [0, 0.05) is 12.2 Å². The van der Waals surface area contributed by atoms with E-state index in [1.807, 2.05) is 18.2 Å². The van der Waals surface area contributed by atoms with Gasteiger partial charge in [0.25, 0.3) is 0 Å². The lowest BCUT2D eigenvalue weighted by Gasteiger charge is -2.00. The Kier molecular flexibility index (Phi) is 3.37. The molecule has 2 heterocycles. The molecule has 1 aliphatic heterocycles. The second-order valence-electron chi connectivity index (χ2n) is 4.51. The van der Waals surface area contributed by atoms with Gasteiger partial charge in [-0.05, 0) is 12.8 Å². The molecule has 1 saturated heterocycles. The van der Waals surface area contributed by atoms with Crippen molar-refractivity contribution in [1.29, 1.82) is 0 Å². The first kappa shape index (κ1) is 12.0. The molecule has 1 atom stereocenters. The highest BCUT2D eigenvalue weighted by Crippen LogP contribution is 2.26. The van der Waals surface area contributed by atoms with Gasteiger partial charge in [0.1, 0.15) is 6.10 Å². The second kappa shape index (κ2) is 5.32. The van der Waals surface area contributed by atoms with Gasteiger partial charge in [0.2, 0.25) is 11.7 Å². The van der Waals surface area contributed by atoms with Crippen LogP contribution in [0, 0.1) is 0 Å². The van der Waals surface area contributed by atoms with Crippen molar-refractivity contribution in [1.82, 2.24) is 10.1 Å². The zero-order chi connectivity index (χ0) is 13.1. The van der Waals surface area contributed by atoms with Gasteiger partial charge in [-0.2, -0.15) is 4.98 Å². The highest BCUT2D eigenvalue weighted by molar-refractivity contribution is 5.96. The Bertz CT molecular complexity index is 559. The van der Waals surface area contributed by atoms with E-state index in [-0.39, 0.29) is 18.3 Å². The Labute approximate surface area is 110 Å². The van der Waals surface area contributed by atoms with Gasteiger partial charge in [0.15, 0.2) is 5.78 Å². The molecule has 0 radical (unpaired) electrons. The summed E-state index contributed by atoms with van der Waals surface area (Å²) in [6.07, 6.45) is 1.97. The predicted octanol–water partition coefficient (Wildman–Crippen LogP) is 2.35. The van der Waals surface area contributed by atoms with E-state index in [0.29, 0.717) is 17.3 Å². The van der Waals surface area contributed by atoms with Crippen molar-refractivity contribution < 1.29 is 14.1 Å². The monoisotopic (exact) mass is 258 g/mol. The van der Waals surface area contributed by atoms with Crippen molar-refractivity contribution in [2.24, 2.45) is 0 Å². The number of rotatable bonds is 4. The fourth-order valence-electron chi connectivity index (χ4n) is 2.12. The predicted molar refractivity (Wildman–Crippen MR) is 66.7 cm³/mol. The van der Waals surface area contributed by atoms with E-state index in [1.54, 1.807) is 12.1 Å². The summed E-state index contributed by atoms with van der Waals surface area (Å²) in [5.74, 6) is 0.871. The molecule has 0 saturated carbocycles. The molecule has 0 spiro atoms. The molecule has 1 unspecified atom stereocenters. The SMILES string of the molecule is O=C(Cc1nc(C2CCCO2)no1)c1ccccc1. The van der Waals surface area contributed by atoms with Crippen LogP contribution in [0.5, 0.6) is 0 Å². The van der Waals surface area contributed by atoms with Crippen molar-refractivity contribution in [3.8, 4) is 0 Å². The van der Waals surface area contributed by atoms with Crippen LogP contribution in [0.4, 0.5) is 0 Å². The minimum absolute atomic E-state index is 0.0249. The lowest BCUT2D eigenvalue weighted by molar-refractivity contribution is 0.0983. The smallest absolute Gasteiger partial charge is 0.234 e. The summed E-state index contributed by atoms with van der Waals surface area (Å²) in [5, 5.41) is 3.88. The van der Waals surface area contributed by atoms with Gasteiger partial charge in [-0.15, -0.1) is 0 Å². The fourth-order valence-corrected chi connectivity index (χ4v) is 2.12. The summed E-state index contributed by atoms with van der Waals surface area (Å²) in [7, 11) is 0. The Morgan fingerprint density at radius 3 is 2.89 bits per heavy atom. The van der Waals surface area contributed by atoms with Gasteiger partial charge in [-0.3, -0.25) is 4.79 Å². The molecule has 1 aromatic heterocycles. The number of hydrogen-bond acceptors (Lipinski definition) is 5. The van der Waals surface area contributed by atoms with Crippen LogP contribution in [0.2, 0.25) is 0 Å². The zero-order valence-corrected chi connectivity index (χ0v) is 10.4. The molecule has 1 fully saturated rings. The number of carbonyl (C=O) groups is 1. The van der Waals surface area contributed by atoms with Crippen molar-refractivity contribution >= 4 is 5.78 Å². The van der Waals surface area contributed by atoms with Crippen LogP contribution in [0.1, 0.15) is 41.0 Å². The van der Waals surface area contributed by atoms with Crippen LogP contribution in [-0.2, 0) is 11.2 Å². The largest absolute Gasteiger partial charge is 0.370 e. The first-order valence-electron chi connectivity index (χ1n) is 6.35. The highest BCUT2D eigenvalue weighted by atomic mass is 16.5. The van der Waals surface area contributed by atoms with Crippen molar-refractivity contribution in [3.05, 3.63) is 47.6 Å². The van der Waals surface area contributed by atoms with E-state index in [1.165, 1.54) is 0 Å². The van der Waals surface area contributed by atoms with Crippen LogP contribution < -0.4 is 0 Å². The third kappa shape index (κ3) is 2.71. The molecule has 1 aromatic carbocycles. The van der Waals surface area contributed by atoms with Crippen LogP contribution in [0.25, 0.3) is 0 Å². The maximum atomic E-state index is 12.0. The van der Waals surface area contributed by atoms with E-state index in [9.17, 15) is 4.79 Å². The molecule has 5 nitrogen and oxygen atoms in total. The number of ketones is 1. The maximum Gasteiger partial charge on any atom is 0.234 e. The van der Waals surface area contributed by atoms with E-state index in [0.717, 1.165) is 19.4 Å². The Balaban J connectivity index is 1.68. The van der Waals surface area contributed by atoms with Crippen molar-refractivity contribution in [2.75, 3.05) is 6.61 Å². The summed E-state index contributed by atoms with van der Waals surface area (Å²) in [5.41, 5.74) is 0.652. The van der Waals surface area contributed by atoms with E-state index < -0.39 is 0 Å². The molecule has 19 heavy (non-hydrogen) atoms. The van der Waals surface area contributed by atoms with E-state index in [2.05, 4.69) is 10.1 Å². The van der Waals surface area contributed by atoms with Crippen LogP contribution in [0.15, 0.2) is 34.9 Å². The van der Waals surface area contributed by atoms with Gasteiger partial charge < -0.3 is 9.26 Å². The Morgan fingerprint density at radius 1 is 1.32 bits per heavy atom. The number of carbonyl (C=O) groups excluding carboxylic acids is 1. The first-order chi connectivity index (χ1) is 9.33. The summed E-state index contributed by atoms with van der Waals surface area (Å²) >= 11 is 0. The standard InChI is InChI=1S/C14H14N2O3/c17-11(10-5-2-1-3-6-10)9-13-15-14(16-19-13)12-7-4-8-18-12/h1-3,5-6,12H,4,7-9H2. The quantitative estimate of drug-likeness (QED) is 0.787. The van der Waals surface area contributed by atoms with Crippen LogP contribution in [-0.4, -0.2) is 22.5 Å². The molecule has 0 aliphatic carbocycles. The number of hydrogen-bond donors (Lipinski definition) is 0. The molecule has 0 N–H and O–H groups in total. The molecule has 0 amide bonds. The zero-order valence-electron chi connectivity index (χ0n) is 10.4. The molecule has 2 aromatic rings. The van der Waals surface area contributed by atoms with E-state index >= 15 is 0 Å². The Morgan fingerprint density at radius 2 is 2.16 bits per heavy atom. The third-order valence-corrected chi connectivity index (χ3v) is 3.11. The molecule has 5 heteroatoms. The number of ether oxygens (including phenoxy) is 1. The van der Waals surface area contributed by atoms with Crippen molar-refractivity contribution in [2.45, 2.75) is 25.4 Å². The number of Topliss-reactive ketones (excluding diaryl/α,β-unsaturated/α-hetero) is 1. The summed E-state index contributed by atoms with van der Waals surface area (Å²) in [6, 6.07) is 9.09. The molecule has 1 aliphatic rings. The van der Waals surface area contributed by atoms with E-state index in [4.69, 9.17) is 9.26 Å². The van der Waals surface area contributed by atoms with Crippen LogP contribution in [0.3, 0.4) is 0 Å². The first-order valence-corrected chi connectivity index (χ1v) is 6.35. The highest BCUT2D eigenvalue weighted by Gasteiger charge is 2.23. The lowest BCUT2D eigenvalue weighted by atomic mass is 10.1. The van der Waals surface area contributed by atoms with Crippen LogP contribution >= 0.6 is 0 Å². The summed E-state index contributed by atoms with van der Waals surface area (Å²) in [6.45, 7) is 0.734. The molecular weight excluding hydrogens is 244 g/mol. The van der Waals surface area contributed by atoms with Crippen molar-refractivity contribution in [3.63, 3.8) is 0 Å². The minimum Gasteiger partial charge on any atom is -0.370 e. The average Bonchev–Trinajstić information content (AvgIpc) is 3.10. The molecule has 3 rings (SSSR count). The summed E-state index contributed by atoms with van der Waals surface area (Å²) < 4.78 is 10.6. The second-order valence-corrected chi connectivity index (χ2v) is 4.51. The van der Waals surface area contributed by atoms with Gasteiger partial charge in [-0.1, -0.05) is 35.5 Å². The van der Waals surface area contributed by atoms with Gasteiger partial charge in [0.05, 0.1) is 6.42 Å². The molecule has 98 valence electrons. The molecular formula is C14H14N2O3. The average molecular weight is 258 g/mol. The minimum atomic E-state index is -0.0793. The fraction of sp³-hybridized carbons (Fsp3) is 0.357. The number of aromatic nitrogens is 2. The lowest BCUT2D eigenvalue weighted by Crippen LogP contribution is -2.04. The summed E-state index contributed by atoms with van der Waals surface area (Å²) in [4.78, 5) is 16.2. The third-order valence-electron chi connectivity index (χ3n) is 3.11. The van der Waals surface area contributed by atoms with Gasteiger partial charge in [-0.25, -0.2) is 0 Å². The maximum absolute atomic E-state index is 12.0. The normalized spacial score (nSPS) is 18.6. The van der Waals surface area contributed by atoms with Gasteiger partial charge >= 0.3 is 0 Å².